The number of benzene rings is 2. The van der Waals surface area contributed by atoms with Gasteiger partial charge in [0.25, 0.3) is 0 Å². The summed E-state index contributed by atoms with van der Waals surface area (Å²) in [5.41, 5.74) is 2.41. The maximum Gasteiger partial charge on any atom is 0.133 e. The first-order chi connectivity index (χ1) is 9.61. The van der Waals surface area contributed by atoms with Crippen LogP contribution in [0, 0.1) is 0 Å². The molecule has 0 heterocycles. The quantitative estimate of drug-likeness (QED) is 0.462. The van der Waals surface area contributed by atoms with E-state index in [1.54, 1.807) is 0 Å². The van der Waals surface area contributed by atoms with E-state index >= 15 is 0 Å². The molecule has 20 heavy (non-hydrogen) atoms. The van der Waals surface area contributed by atoms with Gasteiger partial charge in [0.15, 0.2) is 0 Å². The lowest BCUT2D eigenvalue weighted by molar-refractivity contribution is 0.315. The van der Waals surface area contributed by atoms with Gasteiger partial charge in [0.2, 0.25) is 0 Å². The normalized spacial score (nSPS) is 12.2. The predicted octanol–water partition coefficient (Wildman–Crippen LogP) is 6.48. The van der Waals surface area contributed by atoms with Gasteiger partial charge in [-0.15, -0.1) is 0 Å². The number of hydrogen-bond donors (Lipinski definition) is 0. The second-order valence-electron chi connectivity index (χ2n) is 4.46. The Labute approximate surface area is 145 Å². The van der Waals surface area contributed by atoms with Crippen molar-refractivity contribution in [2.24, 2.45) is 0 Å². The topological polar surface area (TPSA) is 9.23 Å². The maximum atomic E-state index is 5.68. The van der Waals surface area contributed by atoms with E-state index in [2.05, 4.69) is 79.0 Å². The molecule has 0 radical (unpaired) electrons. The standard InChI is InChI=1S/C16H15Br3O/c1-2-8-20-15-7-6-12(10-14(15)18)16(19)11-4-3-5-13(17)9-11/h3-7,9-10,16H,2,8H2,1H3. The van der Waals surface area contributed by atoms with Gasteiger partial charge in [0.05, 0.1) is 15.9 Å². The van der Waals surface area contributed by atoms with Crippen molar-refractivity contribution >= 4 is 47.8 Å². The number of ether oxygens (including phenoxy) is 1. The molecule has 0 saturated heterocycles. The minimum absolute atomic E-state index is 0.163. The van der Waals surface area contributed by atoms with Crippen LogP contribution in [-0.2, 0) is 0 Å². The van der Waals surface area contributed by atoms with Crippen molar-refractivity contribution in [1.82, 2.24) is 0 Å². The Morgan fingerprint density at radius 3 is 2.45 bits per heavy atom. The fourth-order valence-corrected chi connectivity index (χ4v) is 3.36. The van der Waals surface area contributed by atoms with Gasteiger partial charge in [0.1, 0.15) is 5.75 Å². The molecule has 2 aromatic rings. The molecule has 0 aliphatic rings. The molecule has 0 aromatic heterocycles. The number of halogens is 3. The minimum Gasteiger partial charge on any atom is -0.492 e. The van der Waals surface area contributed by atoms with Gasteiger partial charge in [-0.3, -0.25) is 0 Å². The molecule has 1 nitrogen and oxygen atoms in total. The van der Waals surface area contributed by atoms with Crippen LogP contribution in [0.15, 0.2) is 51.4 Å². The van der Waals surface area contributed by atoms with Crippen LogP contribution in [0.2, 0.25) is 0 Å². The summed E-state index contributed by atoms with van der Waals surface area (Å²) < 4.78 is 7.75. The SMILES string of the molecule is CCCOc1ccc(C(Br)c2cccc(Br)c2)cc1Br. The van der Waals surface area contributed by atoms with E-state index in [0.29, 0.717) is 0 Å². The third kappa shape index (κ3) is 4.09. The molecule has 2 aromatic carbocycles. The molecule has 0 amide bonds. The molecule has 0 spiro atoms. The zero-order valence-electron chi connectivity index (χ0n) is 11.1. The highest BCUT2D eigenvalue weighted by Crippen LogP contribution is 2.36. The zero-order valence-corrected chi connectivity index (χ0v) is 15.8. The van der Waals surface area contributed by atoms with E-state index in [1.807, 2.05) is 18.2 Å². The van der Waals surface area contributed by atoms with Crippen molar-refractivity contribution in [1.29, 1.82) is 0 Å². The van der Waals surface area contributed by atoms with E-state index < -0.39 is 0 Å². The maximum absolute atomic E-state index is 5.68. The van der Waals surface area contributed by atoms with Gasteiger partial charge in [-0.05, 0) is 57.7 Å². The van der Waals surface area contributed by atoms with Crippen LogP contribution < -0.4 is 4.74 Å². The summed E-state index contributed by atoms with van der Waals surface area (Å²) in [7, 11) is 0. The molecular weight excluding hydrogens is 448 g/mol. The third-order valence-corrected chi connectivity index (χ3v) is 5.02. The van der Waals surface area contributed by atoms with Crippen LogP contribution in [0.3, 0.4) is 0 Å². The first-order valence-electron chi connectivity index (χ1n) is 6.43. The molecule has 0 aliphatic carbocycles. The average molecular weight is 463 g/mol. The fourth-order valence-electron chi connectivity index (χ4n) is 1.86. The summed E-state index contributed by atoms with van der Waals surface area (Å²) in [6, 6.07) is 14.5. The lowest BCUT2D eigenvalue weighted by Crippen LogP contribution is -1.98. The molecule has 106 valence electrons. The monoisotopic (exact) mass is 460 g/mol. The van der Waals surface area contributed by atoms with Crippen molar-refractivity contribution < 1.29 is 4.74 Å². The summed E-state index contributed by atoms with van der Waals surface area (Å²) in [6.45, 7) is 2.84. The zero-order chi connectivity index (χ0) is 14.5. The molecular formula is C16H15Br3O. The highest BCUT2D eigenvalue weighted by Gasteiger charge is 2.12. The summed E-state index contributed by atoms with van der Waals surface area (Å²) in [5, 5.41) is 0. The first-order valence-corrected chi connectivity index (χ1v) is 8.93. The average Bonchev–Trinajstić information content (AvgIpc) is 2.45. The van der Waals surface area contributed by atoms with Crippen LogP contribution in [0.25, 0.3) is 0 Å². The van der Waals surface area contributed by atoms with E-state index in [1.165, 1.54) is 11.1 Å². The largest absolute Gasteiger partial charge is 0.492 e. The molecule has 2 rings (SSSR count). The molecule has 1 unspecified atom stereocenters. The second kappa shape index (κ2) is 7.62. The highest BCUT2D eigenvalue weighted by atomic mass is 79.9. The van der Waals surface area contributed by atoms with Gasteiger partial charge in [-0.1, -0.05) is 57.0 Å². The van der Waals surface area contributed by atoms with Gasteiger partial charge in [-0.2, -0.15) is 0 Å². The van der Waals surface area contributed by atoms with Crippen molar-refractivity contribution in [3.05, 3.63) is 62.5 Å². The molecule has 0 N–H and O–H groups in total. The van der Waals surface area contributed by atoms with Crippen LogP contribution in [-0.4, -0.2) is 6.61 Å². The van der Waals surface area contributed by atoms with Crippen LogP contribution in [0.5, 0.6) is 5.75 Å². The van der Waals surface area contributed by atoms with Crippen LogP contribution in [0.4, 0.5) is 0 Å². The first kappa shape index (κ1) is 16.1. The smallest absolute Gasteiger partial charge is 0.133 e. The number of alkyl halides is 1. The Kier molecular flexibility index (Phi) is 6.12. The fraction of sp³-hybridized carbons (Fsp3) is 0.250. The minimum atomic E-state index is 0.163. The molecule has 0 aliphatic heterocycles. The number of rotatable bonds is 5. The molecule has 4 heteroatoms. The van der Waals surface area contributed by atoms with Gasteiger partial charge >= 0.3 is 0 Å². The summed E-state index contributed by atoms with van der Waals surface area (Å²) in [5.74, 6) is 0.893. The lowest BCUT2D eigenvalue weighted by atomic mass is 10.0. The van der Waals surface area contributed by atoms with E-state index in [-0.39, 0.29) is 4.83 Å². The Morgan fingerprint density at radius 2 is 1.80 bits per heavy atom. The summed E-state index contributed by atoms with van der Waals surface area (Å²) in [6.07, 6.45) is 1.01. The Hall–Kier alpha value is -0.320. The Bertz CT molecular complexity index is 584. The van der Waals surface area contributed by atoms with Gasteiger partial charge in [-0.25, -0.2) is 0 Å². The predicted molar refractivity (Wildman–Crippen MR) is 94.8 cm³/mol. The Balaban J connectivity index is 2.22. The van der Waals surface area contributed by atoms with E-state index in [4.69, 9.17) is 4.74 Å². The second-order valence-corrected chi connectivity index (χ2v) is 7.14. The van der Waals surface area contributed by atoms with E-state index in [9.17, 15) is 0 Å². The van der Waals surface area contributed by atoms with Crippen LogP contribution >= 0.6 is 47.8 Å². The van der Waals surface area contributed by atoms with Crippen molar-refractivity contribution in [3.8, 4) is 5.75 Å². The molecule has 1 atom stereocenters. The molecule has 0 bridgehead atoms. The third-order valence-electron chi connectivity index (χ3n) is 2.85. The van der Waals surface area contributed by atoms with Gasteiger partial charge in [0, 0.05) is 4.47 Å². The molecule has 0 fully saturated rings. The van der Waals surface area contributed by atoms with Crippen LogP contribution in [0.1, 0.15) is 29.3 Å². The highest BCUT2D eigenvalue weighted by molar-refractivity contribution is 9.11. The van der Waals surface area contributed by atoms with E-state index in [0.717, 1.165) is 27.7 Å². The number of hydrogen-bond acceptors (Lipinski definition) is 1. The summed E-state index contributed by atoms with van der Waals surface area (Å²) >= 11 is 10.8. The molecule has 0 saturated carbocycles. The van der Waals surface area contributed by atoms with Crippen molar-refractivity contribution in [2.45, 2.75) is 18.2 Å². The van der Waals surface area contributed by atoms with Gasteiger partial charge < -0.3 is 4.74 Å². The Morgan fingerprint density at radius 1 is 1.05 bits per heavy atom. The van der Waals surface area contributed by atoms with Crippen molar-refractivity contribution in [3.63, 3.8) is 0 Å². The van der Waals surface area contributed by atoms with Crippen molar-refractivity contribution in [2.75, 3.05) is 6.61 Å². The lowest BCUT2D eigenvalue weighted by Gasteiger charge is -2.14. The summed E-state index contributed by atoms with van der Waals surface area (Å²) in [4.78, 5) is 0.163.